The van der Waals surface area contributed by atoms with Crippen LogP contribution in [0.2, 0.25) is 0 Å². The van der Waals surface area contributed by atoms with Crippen molar-refractivity contribution in [2.75, 3.05) is 39.3 Å². The van der Waals surface area contributed by atoms with Crippen molar-refractivity contribution in [3.63, 3.8) is 0 Å². The molecular formula is C20H40N4O. The van der Waals surface area contributed by atoms with Gasteiger partial charge in [-0.2, -0.15) is 0 Å². The van der Waals surface area contributed by atoms with E-state index in [2.05, 4.69) is 29.4 Å². The fraction of sp³-hybridized carbons (Fsp3) is 0.950. The first-order valence-electron chi connectivity index (χ1n) is 10.6. The third-order valence-electron chi connectivity index (χ3n) is 5.69. The van der Waals surface area contributed by atoms with Gasteiger partial charge >= 0.3 is 0 Å². The molecule has 1 heterocycles. The molecule has 2 rings (SSSR count). The summed E-state index contributed by atoms with van der Waals surface area (Å²) >= 11 is 0. The maximum atomic E-state index is 9.22. The molecule has 5 heteroatoms. The van der Waals surface area contributed by atoms with Crippen molar-refractivity contribution in [2.24, 2.45) is 16.8 Å². The molecule has 3 N–H and O–H groups in total. The molecule has 1 aliphatic heterocycles. The summed E-state index contributed by atoms with van der Waals surface area (Å²) < 4.78 is 0. The van der Waals surface area contributed by atoms with Gasteiger partial charge in [-0.25, -0.2) is 0 Å². The second-order valence-corrected chi connectivity index (χ2v) is 7.93. The van der Waals surface area contributed by atoms with Gasteiger partial charge in [0.1, 0.15) is 0 Å². The lowest BCUT2D eigenvalue weighted by molar-refractivity contribution is 0.253. The molecule has 1 saturated heterocycles. The SMILES string of the molecule is CCCC(CCO)CN=C(NCC)NC1CCN(CC2CCCC2)C1. The Kier molecular flexibility index (Phi) is 9.63. The maximum absolute atomic E-state index is 9.22. The monoisotopic (exact) mass is 352 g/mol. The van der Waals surface area contributed by atoms with Gasteiger partial charge < -0.3 is 20.6 Å². The molecule has 0 aromatic carbocycles. The quantitative estimate of drug-likeness (QED) is 0.418. The summed E-state index contributed by atoms with van der Waals surface area (Å²) in [6.45, 7) is 9.95. The van der Waals surface area contributed by atoms with Crippen molar-refractivity contribution < 1.29 is 5.11 Å². The van der Waals surface area contributed by atoms with Crippen LogP contribution in [0, 0.1) is 11.8 Å². The second-order valence-electron chi connectivity index (χ2n) is 7.93. The van der Waals surface area contributed by atoms with Crippen molar-refractivity contribution in [2.45, 2.75) is 71.3 Å². The molecule has 0 spiro atoms. The molecule has 0 amide bonds. The zero-order valence-electron chi connectivity index (χ0n) is 16.5. The lowest BCUT2D eigenvalue weighted by Crippen LogP contribution is -2.45. The molecule has 2 fully saturated rings. The summed E-state index contributed by atoms with van der Waals surface area (Å²) in [5, 5.41) is 16.3. The Hall–Kier alpha value is -0.810. The van der Waals surface area contributed by atoms with Gasteiger partial charge in [0.05, 0.1) is 0 Å². The van der Waals surface area contributed by atoms with Crippen LogP contribution in [0.25, 0.3) is 0 Å². The minimum Gasteiger partial charge on any atom is -0.396 e. The van der Waals surface area contributed by atoms with Crippen LogP contribution in [-0.4, -0.2) is 61.3 Å². The number of rotatable bonds is 10. The van der Waals surface area contributed by atoms with Gasteiger partial charge in [0.2, 0.25) is 0 Å². The van der Waals surface area contributed by atoms with E-state index < -0.39 is 0 Å². The first kappa shape index (κ1) is 20.5. The number of likely N-dealkylation sites (tertiary alicyclic amines) is 1. The Labute approximate surface area is 154 Å². The van der Waals surface area contributed by atoms with E-state index in [4.69, 9.17) is 4.99 Å². The van der Waals surface area contributed by atoms with Crippen molar-refractivity contribution in [1.82, 2.24) is 15.5 Å². The number of guanidine groups is 1. The number of aliphatic imine (C=N–C) groups is 1. The number of aliphatic hydroxyl groups excluding tert-OH is 1. The van der Waals surface area contributed by atoms with Crippen molar-refractivity contribution >= 4 is 5.96 Å². The van der Waals surface area contributed by atoms with Gasteiger partial charge in [-0.15, -0.1) is 0 Å². The molecule has 25 heavy (non-hydrogen) atoms. The largest absolute Gasteiger partial charge is 0.396 e. The maximum Gasteiger partial charge on any atom is 0.191 e. The number of aliphatic hydroxyl groups is 1. The molecule has 1 aliphatic carbocycles. The van der Waals surface area contributed by atoms with Crippen LogP contribution in [0.15, 0.2) is 4.99 Å². The lowest BCUT2D eigenvalue weighted by atomic mass is 10.0. The fourth-order valence-electron chi connectivity index (χ4n) is 4.33. The third-order valence-corrected chi connectivity index (χ3v) is 5.69. The highest BCUT2D eigenvalue weighted by molar-refractivity contribution is 5.80. The second kappa shape index (κ2) is 11.7. The first-order chi connectivity index (χ1) is 12.2. The van der Waals surface area contributed by atoms with E-state index in [9.17, 15) is 5.11 Å². The van der Waals surface area contributed by atoms with E-state index in [1.807, 2.05) is 0 Å². The number of hydrogen-bond acceptors (Lipinski definition) is 3. The van der Waals surface area contributed by atoms with Gasteiger partial charge in [-0.3, -0.25) is 4.99 Å². The standard InChI is InChI=1S/C20H40N4O/c1-3-7-17(11-13-25)14-22-20(21-4-2)23-19-10-12-24(16-19)15-18-8-5-6-9-18/h17-19,25H,3-16H2,1-2H3,(H2,21,22,23). The van der Waals surface area contributed by atoms with E-state index in [0.29, 0.717) is 12.0 Å². The van der Waals surface area contributed by atoms with Crippen LogP contribution in [-0.2, 0) is 0 Å². The summed E-state index contributed by atoms with van der Waals surface area (Å²) in [4.78, 5) is 7.45. The van der Waals surface area contributed by atoms with Gasteiger partial charge in [-0.1, -0.05) is 26.2 Å². The number of hydrogen-bond donors (Lipinski definition) is 3. The Morgan fingerprint density at radius 3 is 2.68 bits per heavy atom. The van der Waals surface area contributed by atoms with E-state index in [-0.39, 0.29) is 6.61 Å². The van der Waals surface area contributed by atoms with E-state index in [1.54, 1.807) is 0 Å². The summed E-state index contributed by atoms with van der Waals surface area (Å²) in [7, 11) is 0. The van der Waals surface area contributed by atoms with Gasteiger partial charge in [0.25, 0.3) is 0 Å². The first-order valence-corrected chi connectivity index (χ1v) is 10.6. The minimum atomic E-state index is 0.267. The van der Waals surface area contributed by atoms with Crippen LogP contribution in [0.4, 0.5) is 0 Å². The summed E-state index contributed by atoms with van der Waals surface area (Å²) in [6, 6.07) is 0.515. The molecule has 5 nitrogen and oxygen atoms in total. The molecule has 146 valence electrons. The van der Waals surface area contributed by atoms with Gasteiger partial charge in [-0.05, 0) is 50.9 Å². The fourth-order valence-corrected chi connectivity index (χ4v) is 4.33. The average Bonchev–Trinajstić information content (AvgIpc) is 3.26. The summed E-state index contributed by atoms with van der Waals surface area (Å²) in [5.41, 5.74) is 0. The van der Waals surface area contributed by atoms with E-state index >= 15 is 0 Å². The highest BCUT2D eigenvalue weighted by atomic mass is 16.3. The summed E-state index contributed by atoms with van der Waals surface area (Å²) in [6.07, 6.45) is 10.1. The predicted molar refractivity (Wildman–Crippen MR) is 106 cm³/mol. The van der Waals surface area contributed by atoms with Gasteiger partial charge in [0.15, 0.2) is 5.96 Å². The van der Waals surface area contributed by atoms with Crippen LogP contribution in [0.5, 0.6) is 0 Å². The Morgan fingerprint density at radius 2 is 2.00 bits per heavy atom. The number of nitrogens with one attached hydrogen (secondary N) is 2. The van der Waals surface area contributed by atoms with Crippen LogP contribution in [0.3, 0.4) is 0 Å². The van der Waals surface area contributed by atoms with E-state index in [0.717, 1.165) is 50.8 Å². The Bertz CT molecular complexity index is 376. The van der Waals surface area contributed by atoms with Crippen molar-refractivity contribution in [1.29, 1.82) is 0 Å². The third kappa shape index (κ3) is 7.53. The highest BCUT2D eigenvalue weighted by Crippen LogP contribution is 2.26. The topological polar surface area (TPSA) is 59.9 Å². The molecule has 0 aromatic rings. The summed E-state index contributed by atoms with van der Waals surface area (Å²) in [5.74, 6) is 2.39. The average molecular weight is 353 g/mol. The zero-order chi connectivity index (χ0) is 17.9. The Balaban J connectivity index is 1.78. The molecular weight excluding hydrogens is 312 g/mol. The molecule has 0 bridgehead atoms. The normalized spacial score (nSPS) is 24.0. The molecule has 0 aromatic heterocycles. The molecule has 2 atom stereocenters. The van der Waals surface area contributed by atoms with Crippen LogP contribution < -0.4 is 10.6 Å². The van der Waals surface area contributed by atoms with Crippen molar-refractivity contribution in [3.05, 3.63) is 0 Å². The van der Waals surface area contributed by atoms with E-state index in [1.165, 1.54) is 45.2 Å². The predicted octanol–water partition coefficient (Wildman–Crippen LogP) is 2.60. The number of nitrogens with zero attached hydrogens (tertiary/aromatic N) is 2. The molecule has 1 saturated carbocycles. The van der Waals surface area contributed by atoms with Crippen LogP contribution in [0.1, 0.15) is 65.2 Å². The molecule has 2 aliphatic rings. The Morgan fingerprint density at radius 1 is 1.20 bits per heavy atom. The smallest absolute Gasteiger partial charge is 0.191 e. The van der Waals surface area contributed by atoms with Crippen LogP contribution >= 0.6 is 0 Å². The molecule has 0 radical (unpaired) electrons. The highest BCUT2D eigenvalue weighted by Gasteiger charge is 2.26. The molecule has 2 unspecified atom stereocenters. The zero-order valence-corrected chi connectivity index (χ0v) is 16.5. The van der Waals surface area contributed by atoms with Gasteiger partial charge in [0, 0.05) is 45.4 Å². The lowest BCUT2D eigenvalue weighted by Gasteiger charge is -2.21. The van der Waals surface area contributed by atoms with Crippen molar-refractivity contribution in [3.8, 4) is 0 Å². The minimum absolute atomic E-state index is 0.267.